The Kier molecular flexibility index (Phi) is 1.34. The largest absolute Gasteiger partial charge is 0.215 e. The van der Waals surface area contributed by atoms with Crippen molar-refractivity contribution in [3.63, 3.8) is 0 Å². The van der Waals surface area contributed by atoms with Gasteiger partial charge in [-0.25, -0.2) is 4.98 Å². The quantitative estimate of drug-likeness (QED) is 0.560. The molecule has 0 saturated heterocycles. The molecule has 1 heterocycles. The Morgan fingerprint density at radius 1 is 1.88 bits per heavy atom. The predicted molar refractivity (Wildman–Crippen MR) is 34.5 cm³/mol. The maximum atomic E-state index is 3.85. The zero-order valence-corrected chi connectivity index (χ0v) is 5.05. The lowest BCUT2D eigenvalue weighted by Crippen LogP contribution is -1.78. The van der Waals surface area contributed by atoms with Crippen LogP contribution in [-0.4, -0.2) is 14.2 Å². The van der Waals surface area contributed by atoms with Crippen molar-refractivity contribution >= 4 is 18.9 Å². The summed E-state index contributed by atoms with van der Waals surface area (Å²) in [5, 5.41) is 3.78. The third-order valence-corrected chi connectivity index (χ3v) is 0.873. The molecule has 0 aliphatic rings. The summed E-state index contributed by atoms with van der Waals surface area (Å²) in [6.07, 6.45) is 3.06. The van der Waals surface area contributed by atoms with E-state index in [1.807, 2.05) is 0 Å². The zero-order valence-electron chi connectivity index (χ0n) is 4.15. The molecule has 0 bridgehead atoms. The Hall–Kier alpha value is -0.770. The van der Waals surface area contributed by atoms with Crippen molar-refractivity contribution in [3.8, 4) is 0 Å². The zero-order chi connectivity index (χ0) is 5.98. The number of rotatable bonds is 1. The number of hydrogen-bond donors (Lipinski definition) is 1. The van der Waals surface area contributed by atoms with Crippen LogP contribution in [0.25, 0.3) is 6.08 Å². The van der Waals surface area contributed by atoms with Crippen LogP contribution >= 0.6 is 12.8 Å². The molecule has 8 heavy (non-hydrogen) atoms. The Morgan fingerprint density at radius 2 is 2.62 bits per heavy atom. The highest BCUT2D eigenvalue weighted by atomic mass is 32.1. The standard InChI is InChI=1S/C4H5N3S/c1-2-4-5-3-7(8)6-4/h2-3,8H,1H2. The highest BCUT2D eigenvalue weighted by Gasteiger charge is 1.87. The number of aromatic nitrogens is 3. The maximum absolute atomic E-state index is 3.85. The van der Waals surface area contributed by atoms with Gasteiger partial charge in [-0.2, -0.15) is 4.09 Å². The van der Waals surface area contributed by atoms with Gasteiger partial charge >= 0.3 is 0 Å². The predicted octanol–water partition coefficient (Wildman–Crippen LogP) is 0.614. The molecule has 0 amide bonds. The van der Waals surface area contributed by atoms with Crippen molar-refractivity contribution in [1.29, 1.82) is 0 Å². The average molecular weight is 127 g/mol. The second-order valence-electron chi connectivity index (χ2n) is 1.23. The Labute approximate surface area is 52.6 Å². The van der Waals surface area contributed by atoms with Crippen molar-refractivity contribution in [2.24, 2.45) is 0 Å². The second kappa shape index (κ2) is 2.00. The molecule has 1 rings (SSSR count). The van der Waals surface area contributed by atoms with Crippen LogP contribution in [0.1, 0.15) is 5.82 Å². The van der Waals surface area contributed by atoms with E-state index in [1.54, 1.807) is 6.08 Å². The van der Waals surface area contributed by atoms with Crippen LogP contribution in [0.2, 0.25) is 0 Å². The van der Waals surface area contributed by atoms with E-state index >= 15 is 0 Å². The summed E-state index contributed by atoms with van der Waals surface area (Å²) in [6.45, 7) is 3.47. The van der Waals surface area contributed by atoms with Gasteiger partial charge in [-0.15, -0.1) is 5.10 Å². The molecule has 0 atom stereocenters. The highest BCUT2D eigenvalue weighted by molar-refractivity contribution is 7.78. The monoisotopic (exact) mass is 127 g/mol. The molecule has 0 aromatic carbocycles. The molecule has 0 fully saturated rings. The van der Waals surface area contributed by atoms with Crippen LogP contribution in [0.5, 0.6) is 0 Å². The minimum Gasteiger partial charge on any atom is -0.215 e. The first-order valence-corrected chi connectivity index (χ1v) is 2.46. The smallest absolute Gasteiger partial charge is 0.174 e. The van der Waals surface area contributed by atoms with E-state index in [2.05, 4.69) is 29.5 Å². The molecule has 3 nitrogen and oxygen atoms in total. The lowest BCUT2D eigenvalue weighted by molar-refractivity contribution is 1.01. The fourth-order valence-corrected chi connectivity index (χ4v) is 0.504. The van der Waals surface area contributed by atoms with Crippen molar-refractivity contribution in [2.75, 3.05) is 0 Å². The molecule has 0 saturated carbocycles. The number of nitrogens with zero attached hydrogens (tertiary/aromatic N) is 3. The van der Waals surface area contributed by atoms with E-state index in [-0.39, 0.29) is 0 Å². The summed E-state index contributed by atoms with van der Waals surface area (Å²) in [5.74, 6) is 0.597. The molecule has 0 aliphatic heterocycles. The molecular formula is C4H5N3S. The van der Waals surface area contributed by atoms with Crippen molar-refractivity contribution < 1.29 is 0 Å². The fourth-order valence-electron chi connectivity index (χ4n) is 0.361. The van der Waals surface area contributed by atoms with Gasteiger partial charge in [0.25, 0.3) is 0 Å². The summed E-state index contributed by atoms with van der Waals surface area (Å²) in [4.78, 5) is 3.79. The number of hydrogen-bond acceptors (Lipinski definition) is 3. The number of thiol groups is 1. The molecule has 1 aromatic heterocycles. The van der Waals surface area contributed by atoms with Gasteiger partial charge in [0.2, 0.25) is 0 Å². The molecule has 0 unspecified atom stereocenters. The van der Waals surface area contributed by atoms with Crippen LogP contribution < -0.4 is 0 Å². The minimum absolute atomic E-state index is 0.597. The topological polar surface area (TPSA) is 30.7 Å². The van der Waals surface area contributed by atoms with Crippen molar-refractivity contribution in [3.05, 3.63) is 18.7 Å². The molecule has 4 heteroatoms. The van der Waals surface area contributed by atoms with Gasteiger partial charge in [-0.1, -0.05) is 6.58 Å². The first kappa shape index (κ1) is 5.37. The Morgan fingerprint density at radius 3 is 2.88 bits per heavy atom. The Bertz CT molecular complexity index is 193. The van der Waals surface area contributed by atoms with Crippen LogP contribution in [0.15, 0.2) is 12.9 Å². The summed E-state index contributed by atoms with van der Waals surface area (Å²) in [6, 6.07) is 0. The SMILES string of the molecule is C=Cc1ncn(S)n1. The summed E-state index contributed by atoms with van der Waals surface area (Å²) < 4.78 is 1.33. The van der Waals surface area contributed by atoms with E-state index in [9.17, 15) is 0 Å². The third-order valence-electron chi connectivity index (χ3n) is 0.681. The van der Waals surface area contributed by atoms with Gasteiger partial charge in [0.15, 0.2) is 5.82 Å². The van der Waals surface area contributed by atoms with E-state index in [0.717, 1.165) is 0 Å². The molecule has 0 radical (unpaired) electrons. The van der Waals surface area contributed by atoms with Crippen LogP contribution in [0.4, 0.5) is 0 Å². The average Bonchev–Trinajstić information content (AvgIpc) is 2.14. The van der Waals surface area contributed by atoms with Gasteiger partial charge in [-0.05, 0) is 18.9 Å². The van der Waals surface area contributed by atoms with Gasteiger partial charge in [0.05, 0.1) is 0 Å². The highest BCUT2D eigenvalue weighted by Crippen LogP contribution is 1.90. The van der Waals surface area contributed by atoms with Crippen LogP contribution in [0.3, 0.4) is 0 Å². The lowest BCUT2D eigenvalue weighted by Gasteiger charge is -1.76. The summed E-state index contributed by atoms with van der Waals surface area (Å²) >= 11 is 3.85. The molecule has 0 spiro atoms. The van der Waals surface area contributed by atoms with Crippen LogP contribution in [0, 0.1) is 0 Å². The van der Waals surface area contributed by atoms with E-state index in [4.69, 9.17) is 0 Å². The van der Waals surface area contributed by atoms with E-state index in [1.165, 1.54) is 10.4 Å². The molecule has 0 aliphatic carbocycles. The van der Waals surface area contributed by atoms with Crippen LogP contribution in [-0.2, 0) is 0 Å². The van der Waals surface area contributed by atoms with Crippen molar-refractivity contribution in [1.82, 2.24) is 14.2 Å². The first-order valence-electron chi connectivity index (χ1n) is 2.06. The van der Waals surface area contributed by atoms with Gasteiger partial charge < -0.3 is 0 Å². The van der Waals surface area contributed by atoms with Gasteiger partial charge in [0.1, 0.15) is 6.33 Å². The molecule has 0 N–H and O–H groups in total. The van der Waals surface area contributed by atoms with Gasteiger partial charge in [-0.3, -0.25) is 0 Å². The fraction of sp³-hybridized carbons (Fsp3) is 0. The molecular weight excluding hydrogens is 122 g/mol. The van der Waals surface area contributed by atoms with E-state index in [0.29, 0.717) is 5.82 Å². The lowest BCUT2D eigenvalue weighted by atomic mass is 10.6. The Balaban J connectivity index is 3.00. The van der Waals surface area contributed by atoms with Crippen molar-refractivity contribution in [2.45, 2.75) is 0 Å². The van der Waals surface area contributed by atoms with E-state index < -0.39 is 0 Å². The minimum atomic E-state index is 0.597. The molecule has 1 aromatic rings. The second-order valence-corrected chi connectivity index (χ2v) is 1.64. The summed E-state index contributed by atoms with van der Waals surface area (Å²) in [5.41, 5.74) is 0. The van der Waals surface area contributed by atoms with Gasteiger partial charge in [0, 0.05) is 0 Å². The maximum Gasteiger partial charge on any atom is 0.174 e. The molecule has 42 valence electrons. The summed E-state index contributed by atoms with van der Waals surface area (Å²) in [7, 11) is 0. The first-order chi connectivity index (χ1) is 3.83. The normalized spacial score (nSPS) is 9.12. The third kappa shape index (κ3) is 0.894.